The van der Waals surface area contributed by atoms with E-state index in [0.717, 1.165) is 23.1 Å². The molecule has 1 saturated heterocycles. The van der Waals surface area contributed by atoms with Gasteiger partial charge in [-0.3, -0.25) is 14.5 Å². The van der Waals surface area contributed by atoms with Crippen LogP contribution in [0.3, 0.4) is 0 Å². The van der Waals surface area contributed by atoms with Crippen molar-refractivity contribution < 1.29 is 19.1 Å². The first-order chi connectivity index (χ1) is 17.0. The van der Waals surface area contributed by atoms with Crippen LogP contribution in [0.4, 0.5) is 5.69 Å². The fourth-order valence-electron chi connectivity index (χ4n) is 3.69. The van der Waals surface area contributed by atoms with Crippen LogP contribution in [0.1, 0.15) is 23.6 Å². The third-order valence-electron chi connectivity index (χ3n) is 5.68. The Hall–Kier alpha value is -3.97. The van der Waals surface area contributed by atoms with E-state index >= 15 is 0 Å². The number of benzene rings is 3. The number of methoxy groups -OCH3 is 1. The number of hydrogen-bond donors (Lipinski definition) is 0. The van der Waals surface area contributed by atoms with E-state index in [9.17, 15) is 9.59 Å². The molecular formula is C28H26N2O4S. The van der Waals surface area contributed by atoms with Crippen molar-refractivity contribution in [3.05, 3.63) is 101 Å². The predicted molar refractivity (Wildman–Crippen MR) is 140 cm³/mol. The summed E-state index contributed by atoms with van der Waals surface area (Å²) in [7, 11) is 1.31. The third-order valence-corrected chi connectivity index (χ3v) is 6.09. The van der Waals surface area contributed by atoms with Gasteiger partial charge in [0.2, 0.25) is 0 Å². The number of ether oxygens (including phenoxy) is 2. The highest BCUT2D eigenvalue weighted by Crippen LogP contribution is 2.30. The number of thiocarbonyl (C=S) groups is 1. The topological polar surface area (TPSA) is 59.1 Å². The highest BCUT2D eigenvalue weighted by molar-refractivity contribution is 7.80. The zero-order valence-corrected chi connectivity index (χ0v) is 20.5. The van der Waals surface area contributed by atoms with Crippen molar-refractivity contribution in [2.24, 2.45) is 0 Å². The summed E-state index contributed by atoms with van der Waals surface area (Å²) in [5.74, 6) is -0.0697. The quantitative estimate of drug-likeness (QED) is 0.254. The third kappa shape index (κ3) is 5.58. The van der Waals surface area contributed by atoms with Crippen LogP contribution in [0, 0.1) is 0 Å². The molecule has 35 heavy (non-hydrogen) atoms. The second kappa shape index (κ2) is 11.0. The summed E-state index contributed by atoms with van der Waals surface area (Å²) in [4.78, 5) is 28.5. The first-order valence-corrected chi connectivity index (χ1v) is 11.7. The maximum Gasteiger partial charge on any atom is 0.325 e. The molecule has 0 aliphatic carbocycles. The molecule has 1 aliphatic rings. The second-order valence-electron chi connectivity index (χ2n) is 7.98. The lowest BCUT2D eigenvalue weighted by atomic mass is 10.1. The maximum atomic E-state index is 13.4. The van der Waals surface area contributed by atoms with Crippen LogP contribution in [0.2, 0.25) is 0 Å². The molecule has 1 amide bonds. The highest BCUT2D eigenvalue weighted by atomic mass is 32.1. The van der Waals surface area contributed by atoms with E-state index in [1.807, 2.05) is 78.9 Å². The molecule has 0 aromatic heterocycles. The average molecular weight is 487 g/mol. The van der Waals surface area contributed by atoms with Gasteiger partial charge in [-0.05, 0) is 65.7 Å². The standard InChI is InChI=1S/C28H26N2O4S/c1-3-20-9-13-23(14-10-20)30-27(32)25(29(28(30)35)18-26(31)33-2)17-21-11-15-24(16-12-21)34-19-22-7-5-4-6-8-22/h4-17H,3,18-19H2,1-2H3/b25-17-. The summed E-state index contributed by atoms with van der Waals surface area (Å²) in [6, 6.07) is 25.0. The van der Waals surface area contributed by atoms with Gasteiger partial charge < -0.3 is 14.4 Å². The zero-order valence-electron chi connectivity index (χ0n) is 19.6. The Bertz CT molecular complexity index is 1240. The van der Waals surface area contributed by atoms with Crippen LogP contribution in [0.5, 0.6) is 5.75 Å². The van der Waals surface area contributed by atoms with Gasteiger partial charge in [0.05, 0.1) is 12.8 Å². The minimum Gasteiger partial charge on any atom is -0.489 e. The van der Waals surface area contributed by atoms with Crippen LogP contribution in [-0.2, 0) is 27.4 Å². The van der Waals surface area contributed by atoms with Crippen molar-refractivity contribution in [3.63, 3.8) is 0 Å². The van der Waals surface area contributed by atoms with Crippen LogP contribution < -0.4 is 9.64 Å². The van der Waals surface area contributed by atoms with Gasteiger partial charge in [-0.15, -0.1) is 0 Å². The molecule has 0 radical (unpaired) electrons. The Morgan fingerprint density at radius 3 is 2.26 bits per heavy atom. The van der Waals surface area contributed by atoms with Crippen molar-refractivity contribution >= 4 is 41.0 Å². The van der Waals surface area contributed by atoms with E-state index in [4.69, 9.17) is 21.7 Å². The molecule has 1 fully saturated rings. The Morgan fingerprint density at radius 1 is 0.943 bits per heavy atom. The van der Waals surface area contributed by atoms with Gasteiger partial charge in [0.15, 0.2) is 5.11 Å². The summed E-state index contributed by atoms with van der Waals surface area (Å²) >= 11 is 5.61. The fourth-order valence-corrected chi connectivity index (χ4v) is 4.05. The molecule has 6 nitrogen and oxygen atoms in total. The lowest BCUT2D eigenvalue weighted by Crippen LogP contribution is -2.35. The molecule has 0 spiro atoms. The van der Waals surface area contributed by atoms with Gasteiger partial charge in [-0.25, -0.2) is 0 Å². The number of hydrogen-bond acceptors (Lipinski definition) is 5. The summed E-state index contributed by atoms with van der Waals surface area (Å²) in [5, 5.41) is 0.235. The minimum absolute atomic E-state index is 0.158. The van der Waals surface area contributed by atoms with E-state index in [0.29, 0.717) is 23.7 Å². The van der Waals surface area contributed by atoms with E-state index < -0.39 is 5.97 Å². The molecule has 1 heterocycles. The molecule has 3 aromatic rings. The van der Waals surface area contributed by atoms with Crippen LogP contribution >= 0.6 is 12.2 Å². The lowest BCUT2D eigenvalue weighted by molar-refractivity contribution is -0.140. The summed E-state index contributed by atoms with van der Waals surface area (Å²) in [6.07, 6.45) is 2.61. The molecule has 7 heteroatoms. The van der Waals surface area contributed by atoms with E-state index in [1.165, 1.54) is 16.9 Å². The minimum atomic E-state index is -0.487. The molecule has 0 saturated carbocycles. The molecule has 4 rings (SSSR count). The number of esters is 1. The molecule has 1 aliphatic heterocycles. The normalized spacial score (nSPS) is 14.5. The number of anilines is 1. The van der Waals surface area contributed by atoms with Crippen LogP contribution in [-0.4, -0.2) is 35.5 Å². The average Bonchev–Trinajstić information content (AvgIpc) is 3.12. The Labute approximate surface area is 210 Å². The first kappa shape index (κ1) is 24.2. The van der Waals surface area contributed by atoms with Gasteiger partial charge in [0, 0.05) is 0 Å². The van der Waals surface area contributed by atoms with E-state index in [2.05, 4.69) is 6.92 Å². The van der Waals surface area contributed by atoms with E-state index in [-0.39, 0.29) is 17.6 Å². The van der Waals surface area contributed by atoms with Crippen molar-refractivity contribution in [2.45, 2.75) is 20.0 Å². The Kier molecular flexibility index (Phi) is 7.57. The fraction of sp³-hybridized carbons (Fsp3) is 0.179. The SMILES string of the molecule is CCc1ccc(N2C(=O)/C(=C/c3ccc(OCc4ccccc4)cc3)N(CC(=O)OC)C2=S)cc1. The van der Waals surface area contributed by atoms with Crippen molar-refractivity contribution in [1.29, 1.82) is 0 Å². The van der Waals surface area contributed by atoms with Crippen LogP contribution in [0.25, 0.3) is 6.08 Å². The van der Waals surface area contributed by atoms with Crippen molar-refractivity contribution in [3.8, 4) is 5.75 Å². The number of carbonyl (C=O) groups excluding carboxylic acids is 2. The van der Waals surface area contributed by atoms with Gasteiger partial charge in [-0.2, -0.15) is 0 Å². The maximum absolute atomic E-state index is 13.4. The lowest BCUT2D eigenvalue weighted by Gasteiger charge is -2.19. The zero-order chi connectivity index (χ0) is 24.8. The number of rotatable bonds is 8. The summed E-state index contributed by atoms with van der Waals surface area (Å²) in [6.45, 7) is 2.37. The molecule has 0 bridgehead atoms. The van der Waals surface area contributed by atoms with Gasteiger partial charge in [-0.1, -0.05) is 61.5 Å². The molecule has 0 atom stereocenters. The number of nitrogens with zero attached hydrogens (tertiary/aromatic N) is 2. The highest BCUT2D eigenvalue weighted by Gasteiger charge is 2.40. The number of aryl methyl sites for hydroxylation is 1. The number of carbonyl (C=O) groups is 2. The summed E-state index contributed by atoms with van der Waals surface area (Å²) < 4.78 is 10.7. The molecule has 0 N–H and O–H groups in total. The number of amides is 1. The Balaban J connectivity index is 1.58. The molecule has 3 aromatic carbocycles. The van der Waals surface area contributed by atoms with Gasteiger partial charge in [0.1, 0.15) is 24.6 Å². The summed E-state index contributed by atoms with van der Waals surface area (Å²) in [5.41, 5.74) is 3.97. The molecule has 178 valence electrons. The monoisotopic (exact) mass is 486 g/mol. The smallest absolute Gasteiger partial charge is 0.325 e. The second-order valence-corrected chi connectivity index (χ2v) is 8.34. The largest absolute Gasteiger partial charge is 0.489 e. The van der Waals surface area contributed by atoms with Gasteiger partial charge in [0.25, 0.3) is 5.91 Å². The van der Waals surface area contributed by atoms with E-state index in [1.54, 1.807) is 6.08 Å². The first-order valence-electron chi connectivity index (χ1n) is 11.3. The van der Waals surface area contributed by atoms with Crippen molar-refractivity contribution in [2.75, 3.05) is 18.6 Å². The molecular weight excluding hydrogens is 460 g/mol. The predicted octanol–water partition coefficient (Wildman–Crippen LogP) is 4.98. The molecule has 0 unspecified atom stereocenters. The van der Waals surface area contributed by atoms with Gasteiger partial charge >= 0.3 is 5.97 Å². The van der Waals surface area contributed by atoms with Crippen molar-refractivity contribution in [1.82, 2.24) is 4.90 Å². The van der Waals surface area contributed by atoms with Crippen LogP contribution in [0.15, 0.2) is 84.6 Å². The Morgan fingerprint density at radius 2 is 1.63 bits per heavy atom.